The summed E-state index contributed by atoms with van der Waals surface area (Å²) in [6.07, 6.45) is 2.02. The van der Waals surface area contributed by atoms with Crippen molar-refractivity contribution in [2.24, 2.45) is 0 Å². The average molecular weight is 298 g/mol. The van der Waals surface area contributed by atoms with E-state index in [0.29, 0.717) is 29.8 Å². The van der Waals surface area contributed by atoms with E-state index in [0.717, 1.165) is 0 Å². The quantitative estimate of drug-likeness (QED) is 0.800. The Labute approximate surface area is 121 Å². The zero-order chi connectivity index (χ0) is 14.7. The third-order valence-corrected chi connectivity index (χ3v) is 3.24. The summed E-state index contributed by atoms with van der Waals surface area (Å²) in [4.78, 5) is 33.4. The van der Waals surface area contributed by atoms with Gasteiger partial charge in [0, 0.05) is 6.54 Å². The predicted molar refractivity (Wildman–Crippen MR) is 75.8 cm³/mol. The number of piperazine rings is 1. The van der Waals surface area contributed by atoms with Crippen LogP contribution in [0.3, 0.4) is 0 Å². The van der Waals surface area contributed by atoms with Gasteiger partial charge in [0.2, 0.25) is 17.8 Å². The van der Waals surface area contributed by atoms with E-state index in [1.165, 1.54) is 6.20 Å². The highest BCUT2D eigenvalue weighted by Gasteiger charge is 2.34. The number of aromatic nitrogens is 2. The lowest BCUT2D eigenvalue weighted by Gasteiger charge is -2.34. The fourth-order valence-electron chi connectivity index (χ4n) is 2.10. The molecule has 0 aliphatic carbocycles. The minimum absolute atomic E-state index is 0.0482. The van der Waals surface area contributed by atoms with E-state index in [1.54, 1.807) is 4.90 Å². The third-order valence-electron chi connectivity index (χ3n) is 2.97. The number of amides is 2. The zero-order valence-corrected chi connectivity index (χ0v) is 12.1. The van der Waals surface area contributed by atoms with Gasteiger partial charge in [0.1, 0.15) is 11.1 Å². The van der Waals surface area contributed by atoms with Crippen molar-refractivity contribution in [3.63, 3.8) is 0 Å². The summed E-state index contributed by atoms with van der Waals surface area (Å²) in [5.74, 6) is 0.121. The minimum Gasteiger partial charge on any atom is -0.354 e. The molecule has 0 bridgehead atoms. The van der Waals surface area contributed by atoms with Crippen LogP contribution >= 0.6 is 11.6 Å². The van der Waals surface area contributed by atoms with Crippen LogP contribution in [0, 0.1) is 0 Å². The summed E-state index contributed by atoms with van der Waals surface area (Å²) in [5.41, 5.74) is 0. The summed E-state index contributed by atoms with van der Waals surface area (Å²) in [6.45, 7) is 4.50. The molecule has 1 aliphatic heterocycles. The molecule has 1 unspecified atom stereocenters. The molecule has 1 fully saturated rings. The molecular weight excluding hydrogens is 282 g/mol. The van der Waals surface area contributed by atoms with Crippen LogP contribution in [0.5, 0.6) is 0 Å². The van der Waals surface area contributed by atoms with Gasteiger partial charge in [0.25, 0.3) is 0 Å². The predicted octanol–water partition coefficient (Wildman–Crippen LogP) is 0.803. The van der Waals surface area contributed by atoms with Crippen molar-refractivity contribution in [1.82, 2.24) is 15.3 Å². The van der Waals surface area contributed by atoms with Crippen molar-refractivity contribution in [1.29, 1.82) is 0 Å². The Bertz CT molecular complexity index is 537. The highest BCUT2D eigenvalue weighted by molar-refractivity contribution is 6.33. The molecule has 20 heavy (non-hydrogen) atoms. The Balaban J connectivity index is 2.38. The van der Waals surface area contributed by atoms with Crippen LogP contribution in [-0.2, 0) is 9.59 Å². The molecule has 1 aromatic rings. The normalized spacial score (nSPS) is 18.9. The first-order valence-corrected chi connectivity index (χ1v) is 6.81. The van der Waals surface area contributed by atoms with Gasteiger partial charge in [-0.1, -0.05) is 18.5 Å². The Kier molecular flexibility index (Phi) is 4.39. The summed E-state index contributed by atoms with van der Waals surface area (Å²) in [7, 11) is 0. The Morgan fingerprint density at radius 1 is 1.50 bits per heavy atom. The second-order valence-corrected chi connectivity index (χ2v) is 4.77. The van der Waals surface area contributed by atoms with Gasteiger partial charge in [0.05, 0.1) is 12.7 Å². The van der Waals surface area contributed by atoms with Crippen molar-refractivity contribution in [2.45, 2.75) is 26.3 Å². The van der Waals surface area contributed by atoms with Crippen LogP contribution in [0.15, 0.2) is 6.20 Å². The van der Waals surface area contributed by atoms with E-state index >= 15 is 0 Å². The number of halogens is 1. The van der Waals surface area contributed by atoms with E-state index in [1.807, 2.05) is 13.8 Å². The lowest BCUT2D eigenvalue weighted by molar-refractivity contribution is -0.132. The van der Waals surface area contributed by atoms with Crippen LogP contribution in [0.25, 0.3) is 0 Å². The molecule has 1 aromatic heterocycles. The first-order chi connectivity index (χ1) is 9.56. The molecule has 0 radical (unpaired) electrons. The maximum Gasteiger partial charge on any atom is 0.249 e. The number of carbonyl (C=O) groups excluding carboxylic acids is 2. The summed E-state index contributed by atoms with van der Waals surface area (Å²) in [6, 6.07) is -0.463. The maximum absolute atomic E-state index is 11.9. The van der Waals surface area contributed by atoms with Gasteiger partial charge in [0.15, 0.2) is 5.82 Å². The minimum atomic E-state index is -0.463. The number of anilines is 2. The standard InChI is InChI=1S/C12H16ClN5O2/c1-3-8-11(20)16-9(19)6-18(8)10-7(13)5-15-12(17-10)14-4-2/h5,8H,3-4,6H2,1-2H3,(H,14,15,17)(H,16,19,20). The number of carbonyl (C=O) groups is 2. The zero-order valence-electron chi connectivity index (χ0n) is 11.3. The Morgan fingerprint density at radius 2 is 2.25 bits per heavy atom. The topological polar surface area (TPSA) is 87.2 Å². The van der Waals surface area contributed by atoms with Crippen LogP contribution in [0.1, 0.15) is 20.3 Å². The van der Waals surface area contributed by atoms with Crippen LogP contribution in [0.2, 0.25) is 5.02 Å². The number of rotatable bonds is 4. The van der Waals surface area contributed by atoms with Gasteiger partial charge in [-0.15, -0.1) is 0 Å². The van der Waals surface area contributed by atoms with Gasteiger partial charge >= 0.3 is 0 Å². The van der Waals surface area contributed by atoms with E-state index in [-0.39, 0.29) is 18.4 Å². The van der Waals surface area contributed by atoms with Gasteiger partial charge in [-0.2, -0.15) is 4.98 Å². The Hall–Kier alpha value is -1.89. The van der Waals surface area contributed by atoms with Crippen molar-refractivity contribution in [3.05, 3.63) is 11.2 Å². The van der Waals surface area contributed by atoms with E-state index in [2.05, 4.69) is 20.6 Å². The molecule has 8 heteroatoms. The lowest BCUT2D eigenvalue weighted by atomic mass is 10.1. The van der Waals surface area contributed by atoms with Crippen molar-refractivity contribution >= 4 is 35.2 Å². The van der Waals surface area contributed by atoms with Gasteiger partial charge in [-0.05, 0) is 13.3 Å². The lowest BCUT2D eigenvalue weighted by Crippen LogP contribution is -2.58. The molecule has 1 atom stereocenters. The first-order valence-electron chi connectivity index (χ1n) is 6.43. The van der Waals surface area contributed by atoms with Gasteiger partial charge in [-0.25, -0.2) is 4.98 Å². The molecule has 1 aliphatic rings. The largest absolute Gasteiger partial charge is 0.354 e. The second-order valence-electron chi connectivity index (χ2n) is 4.36. The highest BCUT2D eigenvalue weighted by atomic mass is 35.5. The number of hydrogen-bond acceptors (Lipinski definition) is 6. The van der Waals surface area contributed by atoms with Gasteiger partial charge in [-0.3, -0.25) is 14.9 Å². The van der Waals surface area contributed by atoms with Gasteiger partial charge < -0.3 is 10.2 Å². The molecule has 0 saturated carbocycles. The summed E-state index contributed by atoms with van der Waals surface area (Å²) < 4.78 is 0. The maximum atomic E-state index is 11.9. The van der Waals surface area contributed by atoms with E-state index in [4.69, 9.17) is 11.6 Å². The smallest absolute Gasteiger partial charge is 0.249 e. The number of nitrogens with zero attached hydrogens (tertiary/aromatic N) is 3. The third kappa shape index (κ3) is 2.82. The number of imide groups is 1. The monoisotopic (exact) mass is 297 g/mol. The summed E-state index contributed by atoms with van der Waals surface area (Å²) in [5, 5.41) is 5.61. The summed E-state index contributed by atoms with van der Waals surface area (Å²) >= 11 is 6.11. The number of hydrogen-bond donors (Lipinski definition) is 2. The van der Waals surface area contributed by atoms with Crippen molar-refractivity contribution in [2.75, 3.05) is 23.3 Å². The van der Waals surface area contributed by atoms with Crippen LogP contribution in [-0.4, -0.2) is 40.9 Å². The second kappa shape index (κ2) is 6.04. The van der Waals surface area contributed by atoms with Crippen LogP contribution < -0.4 is 15.5 Å². The molecule has 2 heterocycles. The molecule has 1 saturated heterocycles. The Morgan fingerprint density at radius 3 is 2.90 bits per heavy atom. The van der Waals surface area contributed by atoms with Crippen molar-refractivity contribution in [3.8, 4) is 0 Å². The molecule has 0 aromatic carbocycles. The van der Waals surface area contributed by atoms with Crippen LogP contribution in [0.4, 0.5) is 11.8 Å². The molecule has 2 N–H and O–H groups in total. The highest BCUT2D eigenvalue weighted by Crippen LogP contribution is 2.27. The molecule has 0 spiro atoms. The molecule has 2 amide bonds. The molecule has 7 nitrogen and oxygen atoms in total. The number of nitrogens with one attached hydrogen (secondary N) is 2. The van der Waals surface area contributed by atoms with E-state index < -0.39 is 6.04 Å². The van der Waals surface area contributed by atoms with Crippen molar-refractivity contribution < 1.29 is 9.59 Å². The average Bonchev–Trinajstić information content (AvgIpc) is 2.40. The first kappa shape index (κ1) is 14.5. The van der Waals surface area contributed by atoms with E-state index in [9.17, 15) is 9.59 Å². The molecule has 108 valence electrons. The fraction of sp³-hybridized carbons (Fsp3) is 0.500. The molecule has 2 rings (SSSR count). The molecular formula is C12H16ClN5O2. The fourth-order valence-corrected chi connectivity index (χ4v) is 2.30. The SMILES string of the molecule is CCNc1ncc(Cl)c(N2CC(=O)NC(=O)C2CC)n1.